The summed E-state index contributed by atoms with van der Waals surface area (Å²) in [5.74, 6) is -0.528. The minimum atomic E-state index is -0.715. The van der Waals surface area contributed by atoms with Crippen LogP contribution < -0.4 is 10.9 Å². The normalized spacial score (nSPS) is 10.7. The van der Waals surface area contributed by atoms with Crippen LogP contribution in [0.1, 0.15) is 34.6 Å². The maximum Gasteiger partial charge on any atom is 0.264 e. The molecule has 2 heterocycles. The summed E-state index contributed by atoms with van der Waals surface area (Å²) in [6.45, 7) is 4.73. The Morgan fingerprint density at radius 1 is 1.00 bits per heavy atom. The Bertz CT molecular complexity index is 1410. The molecule has 178 valence electrons. The second kappa shape index (κ2) is 10.4. The summed E-state index contributed by atoms with van der Waals surface area (Å²) in [6.07, 6.45) is 2.61. The van der Waals surface area contributed by atoms with Crippen molar-refractivity contribution in [3.63, 3.8) is 0 Å². The first-order valence-corrected chi connectivity index (χ1v) is 11.4. The van der Waals surface area contributed by atoms with Gasteiger partial charge in [0.2, 0.25) is 0 Å². The Hall–Kier alpha value is -4.24. The second-order valence-corrected chi connectivity index (χ2v) is 8.00. The summed E-state index contributed by atoms with van der Waals surface area (Å²) in [6, 6.07) is 15.9. The number of H-pyrrole nitrogens is 1. The lowest BCUT2D eigenvalue weighted by atomic mass is 10.2. The van der Waals surface area contributed by atoms with Crippen LogP contribution in [-0.2, 0) is 0 Å². The van der Waals surface area contributed by atoms with Crippen molar-refractivity contribution < 1.29 is 9.59 Å². The van der Waals surface area contributed by atoms with Crippen LogP contribution >= 0.6 is 11.6 Å². The standard InChI is InChI=1S/C25H23ClN6O3/c1-3-31(4-2)25(35)19-15-28-32(18-8-6-5-7-9-18)22(19)30-24(34)20-14-27-21(29-23(20)33)16-10-12-17(26)13-11-16/h5-15H,3-4H2,1-2H3,(H,30,34)(H,27,29,33). The average Bonchev–Trinajstić information content (AvgIpc) is 3.29. The molecule has 2 aromatic carbocycles. The number of carbonyl (C=O) groups excluding carboxylic acids is 2. The molecule has 0 saturated heterocycles. The first-order chi connectivity index (χ1) is 16.9. The summed E-state index contributed by atoms with van der Waals surface area (Å²) >= 11 is 5.92. The SMILES string of the molecule is CCN(CC)C(=O)c1cnn(-c2ccccc2)c1NC(=O)c1cnc(-c2ccc(Cl)cc2)[nH]c1=O. The van der Waals surface area contributed by atoms with E-state index >= 15 is 0 Å². The number of halogens is 1. The monoisotopic (exact) mass is 490 g/mol. The van der Waals surface area contributed by atoms with Gasteiger partial charge in [-0.2, -0.15) is 5.10 Å². The maximum absolute atomic E-state index is 13.1. The number of aromatic amines is 1. The molecule has 0 radical (unpaired) electrons. The minimum absolute atomic E-state index is 0.166. The van der Waals surface area contributed by atoms with E-state index in [4.69, 9.17) is 11.6 Å². The van der Waals surface area contributed by atoms with Crippen molar-refractivity contribution in [2.24, 2.45) is 0 Å². The highest BCUT2D eigenvalue weighted by molar-refractivity contribution is 6.30. The summed E-state index contributed by atoms with van der Waals surface area (Å²) in [5, 5.41) is 7.59. The van der Waals surface area contributed by atoms with Crippen molar-refractivity contribution in [1.82, 2.24) is 24.6 Å². The number of carbonyl (C=O) groups is 2. The molecule has 0 fully saturated rings. The van der Waals surface area contributed by atoms with E-state index in [2.05, 4.69) is 20.4 Å². The van der Waals surface area contributed by atoms with E-state index in [-0.39, 0.29) is 22.9 Å². The van der Waals surface area contributed by atoms with Crippen molar-refractivity contribution in [1.29, 1.82) is 0 Å². The molecule has 2 amide bonds. The van der Waals surface area contributed by atoms with E-state index in [0.717, 1.165) is 0 Å². The summed E-state index contributed by atoms with van der Waals surface area (Å²) in [7, 11) is 0. The molecule has 2 aromatic heterocycles. The lowest BCUT2D eigenvalue weighted by Crippen LogP contribution is -2.32. The van der Waals surface area contributed by atoms with Crippen molar-refractivity contribution in [3.05, 3.63) is 93.5 Å². The molecule has 0 unspecified atom stereocenters. The van der Waals surface area contributed by atoms with Crippen LogP contribution in [0.4, 0.5) is 5.82 Å². The predicted molar refractivity (Wildman–Crippen MR) is 134 cm³/mol. The summed E-state index contributed by atoms with van der Waals surface area (Å²) in [4.78, 5) is 47.5. The zero-order valence-corrected chi connectivity index (χ0v) is 19.9. The number of rotatable bonds is 7. The van der Waals surface area contributed by atoms with Gasteiger partial charge >= 0.3 is 0 Å². The molecule has 4 aromatic rings. The molecule has 0 aliphatic rings. The number of para-hydroxylation sites is 1. The van der Waals surface area contributed by atoms with Crippen LogP contribution in [0, 0.1) is 0 Å². The molecule has 2 N–H and O–H groups in total. The molecule has 10 heteroatoms. The van der Waals surface area contributed by atoms with E-state index in [1.165, 1.54) is 17.1 Å². The topological polar surface area (TPSA) is 113 Å². The van der Waals surface area contributed by atoms with E-state index in [1.807, 2.05) is 32.0 Å². The third-order valence-corrected chi connectivity index (χ3v) is 5.70. The third kappa shape index (κ3) is 4.99. The fourth-order valence-corrected chi connectivity index (χ4v) is 3.68. The van der Waals surface area contributed by atoms with Crippen molar-refractivity contribution >= 4 is 29.2 Å². The van der Waals surface area contributed by atoms with Gasteiger partial charge in [0.05, 0.1) is 11.9 Å². The first-order valence-electron chi connectivity index (χ1n) is 11.0. The highest BCUT2D eigenvalue weighted by atomic mass is 35.5. The van der Waals surface area contributed by atoms with E-state index in [0.29, 0.717) is 35.2 Å². The Labute approximate surface area is 206 Å². The molecule has 0 atom stereocenters. The molecule has 0 aliphatic heterocycles. The lowest BCUT2D eigenvalue weighted by molar-refractivity contribution is 0.0774. The number of nitrogens with zero attached hydrogens (tertiary/aromatic N) is 4. The van der Waals surface area contributed by atoms with Crippen LogP contribution in [0.2, 0.25) is 5.02 Å². The quantitative estimate of drug-likeness (QED) is 0.406. The maximum atomic E-state index is 13.1. The zero-order valence-electron chi connectivity index (χ0n) is 19.2. The Morgan fingerprint density at radius 2 is 1.69 bits per heavy atom. The second-order valence-electron chi connectivity index (χ2n) is 7.57. The highest BCUT2D eigenvalue weighted by Gasteiger charge is 2.25. The van der Waals surface area contributed by atoms with Gasteiger partial charge in [-0.25, -0.2) is 9.67 Å². The van der Waals surface area contributed by atoms with Crippen LogP contribution in [0.5, 0.6) is 0 Å². The van der Waals surface area contributed by atoms with Gasteiger partial charge in [-0.1, -0.05) is 29.8 Å². The number of anilines is 1. The zero-order chi connectivity index (χ0) is 24.9. The first kappa shape index (κ1) is 23.9. The fraction of sp³-hybridized carbons (Fsp3) is 0.160. The van der Waals surface area contributed by atoms with Crippen LogP contribution in [-0.4, -0.2) is 49.6 Å². The van der Waals surface area contributed by atoms with Gasteiger partial charge in [-0.05, 0) is 50.2 Å². The molecule has 0 bridgehead atoms. The van der Waals surface area contributed by atoms with Gasteiger partial charge < -0.3 is 15.2 Å². The van der Waals surface area contributed by atoms with Gasteiger partial charge in [-0.3, -0.25) is 14.4 Å². The van der Waals surface area contributed by atoms with Gasteiger partial charge in [0.1, 0.15) is 22.8 Å². The Morgan fingerprint density at radius 3 is 2.31 bits per heavy atom. The lowest BCUT2D eigenvalue weighted by Gasteiger charge is -2.19. The number of hydrogen-bond acceptors (Lipinski definition) is 5. The number of amides is 2. The summed E-state index contributed by atoms with van der Waals surface area (Å²) in [5.41, 5.74) is 0.682. The van der Waals surface area contributed by atoms with Gasteiger partial charge in [-0.15, -0.1) is 0 Å². The molecule has 0 aliphatic carbocycles. The Kier molecular flexibility index (Phi) is 7.07. The number of aromatic nitrogens is 4. The van der Waals surface area contributed by atoms with E-state index in [9.17, 15) is 14.4 Å². The molecule has 4 rings (SSSR count). The number of benzene rings is 2. The van der Waals surface area contributed by atoms with Crippen molar-refractivity contribution in [3.8, 4) is 17.1 Å². The van der Waals surface area contributed by atoms with Crippen molar-refractivity contribution in [2.45, 2.75) is 13.8 Å². The smallest absolute Gasteiger partial charge is 0.264 e. The third-order valence-electron chi connectivity index (χ3n) is 5.44. The van der Waals surface area contributed by atoms with Gasteiger partial charge in [0, 0.05) is 29.9 Å². The summed E-state index contributed by atoms with van der Waals surface area (Å²) < 4.78 is 1.46. The minimum Gasteiger partial charge on any atom is -0.339 e. The van der Waals surface area contributed by atoms with Crippen LogP contribution in [0.15, 0.2) is 71.8 Å². The largest absolute Gasteiger partial charge is 0.339 e. The number of nitrogens with one attached hydrogen (secondary N) is 2. The highest BCUT2D eigenvalue weighted by Crippen LogP contribution is 2.23. The van der Waals surface area contributed by atoms with Gasteiger partial charge in [0.15, 0.2) is 0 Å². The van der Waals surface area contributed by atoms with Crippen molar-refractivity contribution in [2.75, 3.05) is 18.4 Å². The molecular formula is C25H23ClN6O3. The average molecular weight is 491 g/mol. The molecule has 0 spiro atoms. The number of hydrogen-bond donors (Lipinski definition) is 2. The van der Waals surface area contributed by atoms with E-state index in [1.54, 1.807) is 41.3 Å². The van der Waals surface area contributed by atoms with E-state index < -0.39 is 11.5 Å². The molecular weight excluding hydrogens is 468 g/mol. The fourth-order valence-electron chi connectivity index (χ4n) is 3.56. The predicted octanol–water partition coefficient (Wildman–Crippen LogP) is 4.01. The Balaban J connectivity index is 1.70. The molecule has 9 nitrogen and oxygen atoms in total. The molecule has 35 heavy (non-hydrogen) atoms. The van der Waals surface area contributed by atoms with Gasteiger partial charge in [0.25, 0.3) is 17.4 Å². The molecule has 0 saturated carbocycles. The van der Waals surface area contributed by atoms with Crippen LogP contribution in [0.3, 0.4) is 0 Å². The van der Waals surface area contributed by atoms with Crippen LogP contribution in [0.25, 0.3) is 17.1 Å².